The maximum absolute atomic E-state index is 11.0. The van der Waals surface area contributed by atoms with Gasteiger partial charge in [-0.1, -0.05) is 12.1 Å². The molecule has 1 atom stereocenters. The Morgan fingerprint density at radius 1 is 1.09 bits per heavy atom. The summed E-state index contributed by atoms with van der Waals surface area (Å²) in [5.41, 5.74) is 12.1. The quantitative estimate of drug-likeness (QED) is 0.239. The van der Waals surface area contributed by atoms with E-state index < -0.39 is 5.72 Å². The van der Waals surface area contributed by atoms with Gasteiger partial charge in [0.2, 0.25) is 6.21 Å². The molecule has 0 spiro atoms. The van der Waals surface area contributed by atoms with Crippen LogP contribution >= 0.6 is 0 Å². The number of phenols is 1. The molecular formula is C26H30N3O3+. The second kappa shape index (κ2) is 7.86. The lowest BCUT2D eigenvalue weighted by Gasteiger charge is -2.32. The Kier molecular flexibility index (Phi) is 5.33. The van der Waals surface area contributed by atoms with Gasteiger partial charge in [-0.2, -0.15) is 0 Å². The fourth-order valence-electron chi connectivity index (χ4n) is 4.30. The van der Waals surface area contributed by atoms with Gasteiger partial charge in [0, 0.05) is 28.4 Å². The number of phenolic OH excluding ortho intramolecular Hbond substituents is 1. The van der Waals surface area contributed by atoms with Crippen LogP contribution in [0.4, 0.5) is 5.82 Å². The highest BCUT2D eigenvalue weighted by atomic mass is 16.6. The van der Waals surface area contributed by atoms with Gasteiger partial charge in [-0.25, -0.2) is 4.98 Å². The van der Waals surface area contributed by atoms with Crippen LogP contribution in [0.5, 0.6) is 11.5 Å². The zero-order valence-electron chi connectivity index (χ0n) is 19.2. The second-order valence-electron chi connectivity index (χ2n) is 8.86. The molecule has 0 radical (unpaired) electrons. The third-order valence-electron chi connectivity index (χ3n) is 6.43. The maximum atomic E-state index is 11.0. The molecule has 2 heterocycles. The number of aromatic nitrogens is 1. The molecule has 0 aliphatic carbocycles. The number of aryl methyl sites for hydroxylation is 1. The first-order valence-electron chi connectivity index (χ1n) is 10.8. The fourth-order valence-corrected chi connectivity index (χ4v) is 4.30. The smallest absolute Gasteiger partial charge is 0.350 e. The van der Waals surface area contributed by atoms with Crippen LogP contribution in [0.3, 0.4) is 0 Å². The largest absolute Gasteiger partial charge is 0.507 e. The summed E-state index contributed by atoms with van der Waals surface area (Å²) in [5.74, 6) is 1.54. The third kappa shape index (κ3) is 3.77. The van der Waals surface area contributed by atoms with Crippen molar-refractivity contribution in [3.8, 4) is 22.8 Å². The van der Waals surface area contributed by atoms with Crippen LogP contribution in [0.25, 0.3) is 11.3 Å². The molecule has 6 nitrogen and oxygen atoms in total. The predicted octanol–water partition coefficient (Wildman–Crippen LogP) is 4.83. The molecule has 1 aromatic heterocycles. The number of rotatable bonds is 3. The monoisotopic (exact) mass is 432 g/mol. The summed E-state index contributed by atoms with van der Waals surface area (Å²) in [6, 6.07) is 11.6. The van der Waals surface area contributed by atoms with E-state index in [4.69, 9.17) is 10.5 Å². The highest BCUT2D eigenvalue weighted by molar-refractivity contribution is 5.79. The molecule has 0 bridgehead atoms. The number of nitrogen functional groups attached to an aromatic ring is 1. The zero-order valence-corrected chi connectivity index (χ0v) is 19.2. The molecule has 4 N–H and O–H groups in total. The van der Waals surface area contributed by atoms with E-state index in [-0.39, 0.29) is 0 Å². The average Bonchev–Trinajstić information content (AvgIpc) is 2.75. The molecule has 4 rings (SSSR count). The lowest BCUT2D eigenvalue weighted by molar-refractivity contribution is -0.846. The highest BCUT2D eigenvalue weighted by Crippen LogP contribution is 2.43. The summed E-state index contributed by atoms with van der Waals surface area (Å²) in [4.78, 5) is 4.43. The first kappa shape index (κ1) is 21.7. The SMILES string of the molecule is Cc1cc(N)nc(-c2cccc(/C=[N+](\O)C3(C)CCc4c(C)c(O)c(C)c(C)c4O3)c2)c1. The van der Waals surface area contributed by atoms with Gasteiger partial charge in [0.15, 0.2) is 0 Å². The van der Waals surface area contributed by atoms with Gasteiger partial charge in [-0.3, -0.25) is 5.21 Å². The van der Waals surface area contributed by atoms with E-state index in [2.05, 4.69) is 4.98 Å². The number of hydrogen-bond acceptors (Lipinski definition) is 5. The Hall–Kier alpha value is -3.54. The number of anilines is 1. The molecule has 3 aromatic rings. The summed E-state index contributed by atoms with van der Waals surface area (Å²) in [6.45, 7) is 9.59. The summed E-state index contributed by atoms with van der Waals surface area (Å²) >= 11 is 0. The topological polar surface area (TPSA) is 91.6 Å². The number of hydrogen-bond donors (Lipinski definition) is 3. The first-order chi connectivity index (χ1) is 15.1. The van der Waals surface area contributed by atoms with E-state index in [1.165, 1.54) is 0 Å². The number of nitrogens with two attached hydrogens (primary N) is 1. The van der Waals surface area contributed by atoms with E-state index in [1.807, 2.05) is 71.0 Å². The summed E-state index contributed by atoms with van der Waals surface area (Å²) < 4.78 is 7.49. The molecule has 1 aliphatic rings. The van der Waals surface area contributed by atoms with Crippen molar-refractivity contribution in [2.45, 2.75) is 53.2 Å². The van der Waals surface area contributed by atoms with Gasteiger partial charge in [-0.05, 0) is 80.6 Å². The van der Waals surface area contributed by atoms with Crippen molar-refractivity contribution in [3.05, 3.63) is 69.8 Å². The van der Waals surface area contributed by atoms with Gasteiger partial charge in [-0.15, -0.1) is 0 Å². The minimum absolute atomic E-state index is 0.322. The number of ether oxygens (including phenoxy) is 1. The number of pyridine rings is 1. The van der Waals surface area contributed by atoms with Crippen molar-refractivity contribution >= 4 is 12.0 Å². The third-order valence-corrected chi connectivity index (χ3v) is 6.43. The van der Waals surface area contributed by atoms with Gasteiger partial charge < -0.3 is 15.6 Å². The lowest BCUT2D eigenvalue weighted by Crippen LogP contribution is -2.47. The van der Waals surface area contributed by atoms with Gasteiger partial charge >= 0.3 is 5.72 Å². The van der Waals surface area contributed by atoms with Crippen LogP contribution in [0.15, 0.2) is 36.4 Å². The van der Waals surface area contributed by atoms with E-state index in [9.17, 15) is 10.3 Å². The molecule has 0 saturated carbocycles. The van der Waals surface area contributed by atoms with E-state index in [0.717, 1.165) is 55.1 Å². The Labute approximate surface area is 188 Å². The first-order valence-corrected chi connectivity index (χ1v) is 10.8. The highest BCUT2D eigenvalue weighted by Gasteiger charge is 2.44. The van der Waals surface area contributed by atoms with Crippen molar-refractivity contribution in [3.63, 3.8) is 0 Å². The summed E-state index contributed by atoms with van der Waals surface area (Å²) in [7, 11) is 0. The van der Waals surface area contributed by atoms with Crippen LogP contribution in [-0.2, 0) is 6.42 Å². The lowest BCUT2D eigenvalue weighted by atomic mass is 9.90. The minimum Gasteiger partial charge on any atom is -0.507 e. The molecule has 166 valence electrons. The molecule has 1 unspecified atom stereocenters. The molecule has 6 heteroatoms. The number of aromatic hydroxyl groups is 1. The number of fused-ring (bicyclic) bond motifs is 1. The molecule has 2 aromatic carbocycles. The second-order valence-corrected chi connectivity index (χ2v) is 8.86. The zero-order chi connectivity index (χ0) is 23.2. The van der Waals surface area contributed by atoms with Crippen molar-refractivity contribution in [2.24, 2.45) is 0 Å². The maximum Gasteiger partial charge on any atom is 0.350 e. The normalized spacial score (nSPS) is 18.2. The predicted molar refractivity (Wildman–Crippen MR) is 126 cm³/mol. The van der Waals surface area contributed by atoms with Crippen molar-refractivity contribution in [2.75, 3.05) is 5.73 Å². The van der Waals surface area contributed by atoms with Crippen LogP contribution in [-0.4, -0.2) is 32.0 Å². The average molecular weight is 433 g/mol. The summed E-state index contributed by atoms with van der Waals surface area (Å²) in [5, 5.41) is 21.4. The molecule has 0 amide bonds. The van der Waals surface area contributed by atoms with Crippen molar-refractivity contribution in [1.29, 1.82) is 0 Å². The van der Waals surface area contributed by atoms with Crippen LogP contribution in [0, 0.1) is 27.7 Å². The van der Waals surface area contributed by atoms with Crippen LogP contribution in [0.1, 0.15) is 46.7 Å². The number of benzene rings is 2. The molecule has 32 heavy (non-hydrogen) atoms. The molecule has 0 fully saturated rings. The Morgan fingerprint density at radius 3 is 2.56 bits per heavy atom. The number of hydroxylamine groups is 1. The van der Waals surface area contributed by atoms with Crippen LogP contribution in [0.2, 0.25) is 0 Å². The van der Waals surface area contributed by atoms with E-state index >= 15 is 0 Å². The van der Waals surface area contributed by atoms with Gasteiger partial charge in [0.1, 0.15) is 17.3 Å². The molecular weight excluding hydrogens is 402 g/mol. The Morgan fingerprint density at radius 2 is 1.84 bits per heavy atom. The fraction of sp³-hybridized carbons (Fsp3) is 0.308. The van der Waals surface area contributed by atoms with Gasteiger partial charge in [0.25, 0.3) is 0 Å². The standard InChI is InChI=1S/C26H29N3O3/c1-15-11-22(28-23(27)12-15)20-8-6-7-19(13-20)14-29(31)26(5)10-9-21-18(4)24(30)16(2)17(3)25(21)32-26/h6-8,11-14H,9-10H2,1-5H3,(H3-,27,28,30,31)/p+1/b29-14-. The van der Waals surface area contributed by atoms with E-state index in [0.29, 0.717) is 24.4 Å². The molecule has 1 aliphatic heterocycles. The van der Waals surface area contributed by atoms with Gasteiger partial charge in [0.05, 0.1) is 12.1 Å². The Bertz CT molecular complexity index is 1230. The van der Waals surface area contributed by atoms with Crippen molar-refractivity contribution in [1.82, 2.24) is 4.98 Å². The minimum atomic E-state index is -0.935. The number of nitrogens with zero attached hydrogens (tertiary/aromatic N) is 2. The molecule has 0 saturated heterocycles. The van der Waals surface area contributed by atoms with Crippen molar-refractivity contribution < 1.29 is 19.8 Å². The van der Waals surface area contributed by atoms with E-state index in [1.54, 1.807) is 6.21 Å². The van der Waals surface area contributed by atoms with Crippen LogP contribution < -0.4 is 10.5 Å². The summed E-state index contributed by atoms with van der Waals surface area (Å²) in [6.07, 6.45) is 2.94. The Balaban J connectivity index is 1.68.